The van der Waals surface area contributed by atoms with Crippen LogP contribution in [0.4, 0.5) is 0 Å². The molecule has 0 bridgehead atoms. The Balaban J connectivity index is 2.08. The molecular weight excluding hydrogens is 264 g/mol. The molecule has 4 nitrogen and oxygen atoms in total. The average molecular weight is 292 g/mol. The second-order valence-corrected chi connectivity index (χ2v) is 5.61. The van der Waals surface area contributed by atoms with Gasteiger partial charge in [-0.1, -0.05) is 25.1 Å². The lowest BCUT2D eigenvalue weighted by molar-refractivity contribution is 0.0280. The minimum absolute atomic E-state index is 0.293. The summed E-state index contributed by atoms with van der Waals surface area (Å²) < 4.78 is 11.0. The number of piperidine rings is 1. The maximum atomic E-state index is 5.53. The van der Waals surface area contributed by atoms with E-state index in [0.717, 1.165) is 31.9 Å². The molecular formula is C17H28N2O2. The molecule has 2 unspecified atom stereocenters. The van der Waals surface area contributed by atoms with E-state index in [4.69, 9.17) is 9.47 Å². The van der Waals surface area contributed by atoms with Crippen LogP contribution >= 0.6 is 0 Å². The van der Waals surface area contributed by atoms with Crippen LogP contribution in [0, 0.1) is 0 Å². The first-order valence-electron chi connectivity index (χ1n) is 7.90. The Morgan fingerprint density at radius 3 is 2.86 bits per heavy atom. The predicted molar refractivity (Wildman–Crippen MR) is 85.9 cm³/mol. The largest absolute Gasteiger partial charge is 0.496 e. The average Bonchev–Trinajstić information content (AvgIpc) is 2.54. The van der Waals surface area contributed by atoms with Gasteiger partial charge in [-0.2, -0.15) is 0 Å². The third-order valence-corrected chi connectivity index (χ3v) is 4.20. The van der Waals surface area contributed by atoms with E-state index in [0.29, 0.717) is 12.1 Å². The maximum Gasteiger partial charge on any atom is 0.123 e. The fraction of sp³-hybridized carbons (Fsp3) is 0.647. The number of benzene rings is 1. The molecule has 0 amide bonds. The van der Waals surface area contributed by atoms with Crippen LogP contribution in [0.1, 0.15) is 31.4 Å². The summed E-state index contributed by atoms with van der Waals surface area (Å²) in [7, 11) is 3.56. The molecule has 2 rings (SSSR count). The summed E-state index contributed by atoms with van der Waals surface area (Å²) in [4.78, 5) is 2.50. The first-order valence-corrected chi connectivity index (χ1v) is 7.90. The molecule has 1 aromatic carbocycles. The molecule has 0 radical (unpaired) electrons. The molecule has 1 aliphatic heterocycles. The number of rotatable bonds is 7. The second kappa shape index (κ2) is 8.37. The van der Waals surface area contributed by atoms with E-state index in [2.05, 4.69) is 29.3 Å². The number of likely N-dealkylation sites (N-methyl/N-ethyl adjacent to an activating group) is 1. The lowest BCUT2D eigenvalue weighted by Gasteiger charge is -2.35. The summed E-state index contributed by atoms with van der Waals surface area (Å²) in [6.45, 7) is 6.26. The van der Waals surface area contributed by atoms with Gasteiger partial charge in [0.2, 0.25) is 0 Å². The van der Waals surface area contributed by atoms with Crippen molar-refractivity contribution in [3.05, 3.63) is 29.8 Å². The predicted octanol–water partition coefficient (Wildman–Crippen LogP) is 2.46. The van der Waals surface area contributed by atoms with Gasteiger partial charge in [0.1, 0.15) is 5.75 Å². The summed E-state index contributed by atoms with van der Waals surface area (Å²) >= 11 is 0. The van der Waals surface area contributed by atoms with Gasteiger partial charge in [0.05, 0.1) is 13.2 Å². The van der Waals surface area contributed by atoms with E-state index in [1.54, 1.807) is 7.11 Å². The Hall–Kier alpha value is -1.10. The normalized spacial score (nSPS) is 21.2. The molecule has 1 N–H and O–H groups in total. The van der Waals surface area contributed by atoms with Gasteiger partial charge in [0, 0.05) is 31.8 Å². The molecule has 0 spiro atoms. The number of nitrogens with one attached hydrogen (secondary N) is 1. The van der Waals surface area contributed by atoms with E-state index < -0.39 is 0 Å². The summed E-state index contributed by atoms with van der Waals surface area (Å²) in [5.74, 6) is 0.962. The Morgan fingerprint density at radius 2 is 2.14 bits per heavy atom. The fourth-order valence-electron chi connectivity index (χ4n) is 3.10. The molecule has 0 aromatic heterocycles. The van der Waals surface area contributed by atoms with E-state index in [1.165, 1.54) is 18.4 Å². The lowest BCUT2D eigenvalue weighted by atomic mass is 10.0. The molecule has 1 heterocycles. The maximum absolute atomic E-state index is 5.53. The van der Waals surface area contributed by atoms with Gasteiger partial charge in [-0.05, 0) is 32.0 Å². The highest BCUT2D eigenvalue weighted by atomic mass is 16.5. The number of hydrogen-bond acceptors (Lipinski definition) is 4. The van der Waals surface area contributed by atoms with Gasteiger partial charge in [0.15, 0.2) is 0 Å². The monoisotopic (exact) mass is 292 g/mol. The molecule has 1 fully saturated rings. The number of methoxy groups -OCH3 is 2. The van der Waals surface area contributed by atoms with Crippen LogP contribution in [-0.4, -0.2) is 51.4 Å². The van der Waals surface area contributed by atoms with Crippen LogP contribution in [0.5, 0.6) is 5.75 Å². The van der Waals surface area contributed by atoms with Gasteiger partial charge < -0.3 is 14.8 Å². The second-order valence-electron chi connectivity index (χ2n) is 5.61. The van der Waals surface area contributed by atoms with Crippen LogP contribution in [0.2, 0.25) is 0 Å². The third-order valence-electron chi connectivity index (χ3n) is 4.20. The summed E-state index contributed by atoms with van der Waals surface area (Å²) in [5.41, 5.74) is 1.24. The quantitative estimate of drug-likeness (QED) is 0.837. The number of nitrogens with zero attached hydrogens (tertiary/aromatic N) is 1. The van der Waals surface area contributed by atoms with Crippen molar-refractivity contribution in [2.45, 2.75) is 31.9 Å². The Morgan fingerprint density at radius 1 is 1.33 bits per heavy atom. The topological polar surface area (TPSA) is 33.7 Å². The van der Waals surface area contributed by atoms with Gasteiger partial charge in [-0.15, -0.1) is 0 Å². The van der Waals surface area contributed by atoms with Crippen molar-refractivity contribution < 1.29 is 9.47 Å². The third kappa shape index (κ3) is 4.43. The van der Waals surface area contributed by atoms with Gasteiger partial charge in [0.25, 0.3) is 0 Å². The fourth-order valence-corrected chi connectivity index (χ4v) is 3.10. The molecule has 0 aliphatic carbocycles. The van der Waals surface area contributed by atoms with Crippen molar-refractivity contribution in [1.29, 1.82) is 0 Å². The van der Waals surface area contributed by atoms with Crippen molar-refractivity contribution in [2.75, 3.05) is 40.4 Å². The van der Waals surface area contributed by atoms with Crippen LogP contribution in [-0.2, 0) is 4.74 Å². The number of ether oxygens (including phenoxy) is 2. The highest BCUT2D eigenvalue weighted by molar-refractivity contribution is 5.36. The molecule has 1 aliphatic rings. The first-order chi connectivity index (χ1) is 10.3. The van der Waals surface area contributed by atoms with Crippen LogP contribution in [0.3, 0.4) is 0 Å². The van der Waals surface area contributed by atoms with E-state index in [-0.39, 0.29) is 0 Å². The zero-order valence-corrected chi connectivity index (χ0v) is 13.5. The minimum Gasteiger partial charge on any atom is -0.496 e. The van der Waals surface area contributed by atoms with Crippen LogP contribution < -0.4 is 10.1 Å². The number of hydrogen-bond donors (Lipinski definition) is 1. The Bertz CT molecular complexity index is 425. The first kappa shape index (κ1) is 16.3. The van der Waals surface area contributed by atoms with Gasteiger partial charge in [-0.3, -0.25) is 4.90 Å². The van der Waals surface area contributed by atoms with Crippen LogP contribution in [0.25, 0.3) is 0 Å². The van der Waals surface area contributed by atoms with Gasteiger partial charge in [-0.25, -0.2) is 0 Å². The standard InChI is InChI=1S/C17H28N2O2/c1-4-18-16(15-9-5-6-10-17(15)21-3)13-19-11-7-8-14(12-19)20-2/h5-6,9-10,14,16,18H,4,7-8,11-13H2,1-3H3. The molecule has 21 heavy (non-hydrogen) atoms. The lowest BCUT2D eigenvalue weighted by Crippen LogP contribution is -2.43. The molecule has 4 heteroatoms. The molecule has 118 valence electrons. The van der Waals surface area contributed by atoms with Gasteiger partial charge >= 0.3 is 0 Å². The van der Waals surface area contributed by atoms with Crippen molar-refractivity contribution >= 4 is 0 Å². The molecule has 1 saturated heterocycles. The Kier molecular flexibility index (Phi) is 6.49. The van der Waals surface area contributed by atoms with Crippen molar-refractivity contribution in [2.24, 2.45) is 0 Å². The highest BCUT2D eigenvalue weighted by Crippen LogP contribution is 2.26. The van der Waals surface area contributed by atoms with E-state index in [1.807, 2.05) is 19.2 Å². The highest BCUT2D eigenvalue weighted by Gasteiger charge is 2.23. The smallest absolute Gasteiger partial charge is 0.123 e. The van der Waals surface area contributed by atoms with E-state index >= 15 is 0 Å². The SMILES string of the molecule is CCNC(CN1CCCC(OC)C1)c1ccccc1OC. The summed E-state index contributed by atoms with van der Waals surface area (Å²) in [6, 6.07) is 8.59. The summed E-state index contributed by atoms with van der Waals surface area (Å²) in [5, 5.41) is 3.59. The summed E-state index contributed by atoms with van der Waals surface area (Å²) in [6.07, 6.45) is 2.76. The molecule has 1 aromatic rings. The van der Waals surface area contributed by atoms with Crippen molar-refractivity contribution in [1.82, 2.24) is 10.2 Å². The Labute approximate surface area is 128 Å². The van der Waals surface area contributed by atoms with Crippen LogP contribution in [0.15, 0.2) is 24.3 Å². The number of para-hydroxylation sites is 1. The molecule has 0 saturated carbocycles. The molecule has 2 atom stereocenters. The minimum atomic E-state index is 0.293. The zero-order chi connectivity index (χ0) is 15.1. The number of likely N-dealkylation sites (tertiary alicyclic amines) is 1. The van der Waals surface area contributed by atoms with E-state index in [9.17, 15) is 0 Å². The van der Waals surface area contributed by atoms with Crippen molar-refractivity contribution in [3.63, 3.8) is 0 Å². The zero-order valence-electron chi connectivity index (χ0n) is 13.5. The van der Waals surface area contributed by atoms with Crippen molar-refractivity contribution in [3.8, 4) is 5.75 Å².